The van der Waals surface area contributed by atoms with E-state index in [4.69, 9.17) is 4.42 Å². The van der Waals surface area contributed by atoms with Crippen molar-refractivity contribution in [2.45, 2.75) is 37.8 Å². The molecule has 3 rings (SSSR count). The molecule has 1 aromatic rings. The zero-order valence-electron chi connectivity index (χ0n) is 8.96. The monoisotopic (exact) mass is 206 g/mol. The third-order valence-electron chi connectivity index (χ3n) is 3.55. The second-order valence-electron chi connectivity index (χ2n) is 4.60. The van der Waals surface area contributed by atoms with Crippen LogP contribution in [0.4, 0.5) is 0 Å². The van der Waals surface area contributed by atoms with Gasteiger partial charge >= 0.3 is 0 Å². The number of aryl methyl sites for hydroxylation is 1. The van der Waals surface area contributed by atoms with E-state index in [1.54, 1.807) is 0 Å². The van der Waals surface area contributed by atoms with Gasteiger partial charge in [-0.15, -0.1) is 0 Å². The standard InChI is InChI=1S/C12H18N2O/c1-2-11(14-9-4-6-13-8-9)10-5-7-15-12(10)3-1/h5,7,9,11,13-14H,1-4,6,8H2. The minimum atomic E-state index is 0.525. The molecule has 1 aliphatic carbocycles. The van der Waals surface area contributed by atoms with Gasteiger partial charge in [-0.3, -0.25) is 0 Å². The van der Waals surface area contributed by atoms with E-state index in [2.05, 4.69) is 16.7 Å². The van der Waals surface area contributed by atoms with Crippen LogP contribution in [-0.2, 0) is 6.42 Å². The summed E-state index contributed by atoms with van der Waals surface area (Å²) in [6.07, 6.45) is 6.70. The lowest BCUT2D eigenvalue weighted by molar-refractivity contribution is 0.381. The topological polar surface area (TPSA) is 37.2 Å². The highest BCUT2D eigenvalue weighted by atomic mass is 16.3. The summed E-state index contributed by atoms with van der Waals surface area (Å²) in [5.41, 5.74) is 1.40. The van der Waals surface area contributed by atoms with Crippen LogP contribution in [0.15, 0.2) is 16.7 Å². The van der Waals surface area contributed by atoms with Crippen molar-refractivity contribution in [2.75, 3.05) is 13.1 Å². The van der Waals surface area contributed by atoms with E-state index in [-0.39, 0.29) is 0 Å². The lowest BCUT2D eigenvalue weighted by atomic mass is 9.93. The van der Waals surface area contributed by atoms with Crippen LogP contribution in [0.25, 0.3) is 0 Å². The molecule has 1 aliphatic heterocycles. The maximum atomic E-state index is 5.50. The molecule has 1 fully saturated rings. The molecule has 2 heterocycles. The molecule has 0 radical (unpaired) electrons. The lowest BCUT2D eigenvalue weighted by Crippen LogP contribution is -2.35. The lowest BCUT2D eigenvalue weighted by Gasteiger charge is -2.25. The smallest absolute Gasteiger partial charge is 0.108 e. The number of hydrogen-bond acceptors (Lipinski definition) is 3. The highest BCUT2D eigenvalue weighted by Gasteiger charge is 2.25. The Morgan fingerprint density at radius 1 is 1.40 bits per heavy atom. The zero-order chi connectivity index (χ0) is 10.1. The van der Waals surface area contributed by atoms with Crippen LogP contribution in [0, 0.1) is 0 Å². The molecule has 0 saturated carbocycles. The average molecular weight is 206 g/mol. The summed E-state index contributed by atoms with van der Waals surface area (Å²) >= 11 is 0. The van der Waals surface area contributed by atoms with Gasteiger partial charge in [0.15, 0.2) is 0 Å². The van der Waals surface area contributed by atoms with Gasteiger partial charge < -0.3 is 15.1 Å². The molecule has 0 bridgehead atoms. The van der Waals surface area contributed by atoms with E-state index < -0.39 is 0 Å². The minimum absolute atomic E-state index is 0.525. The van der Waals surface area contributed by atoms with Crippen LogP contribution in [0.3, 0.4) is 0 Å². The van der Waals surface area contributed by atoms with Crippen LogP contribution >= 0.6 is 0 Å². The third kappa shape index (κ3) is 1.82. The maximum absolute atomic E-state index is 5.50. The number of fused-ring (bicyclic) bond motifs is 1. The first-order valence-corrected chi connectivity index (χ1v) is 5.96. The largest absolute Gasteiger partial charge is 0.469 e. The number of nitrogens with one attached hydrogen (secondary N) is 2. The minimum Gasteiger partial charge on any atom is -0.469 e. The van der Waals surface area contributed by atoms with Crippen LogP contribution in [-0.4, -0.2) is 19.1 Å². The molecule has 0 spiro atoms. The Kier molecular flexibility index (Phi) is 2.51. The summed E-state index contributed by atoms with van der Waals surface area (Å²) in [7, 11) is 0. The van der Waals surface area contributed by atoms with Crippen molar-refractivity contribution < 1.29 is 4.42 Å². The summed E-state index contributed by atoms with van der Waals surface area (Å²) in [4.78, 5) is 0. The van der Waals surface area contributed by atoms with Crippen molar-refractivity contribution in [3.63, 3.8) is 0 Å². The van der Waals surface area contributed by atoms with E-state index in [1.165, 1.54) is 30.6 Å². The van der Waals surface area contributed by atoms with E-state index in [0.29, 0.717) is 12.1 Å². The van der Waals surface area contributed by atoms with Gasteiger partial charge in [0.05, 0.1) is 6.26 Å². The van der Waals surface area contributed by atoms with Gasteiger partial charge in [-0.2, -0.15) is 0 Å². The molecule has 3 heteroatoms. The van der Waals surface area contributed by atoms with Crippen molar-refractivity contribution in [1.82, 2.24) is 10.6 Å². The molecule has 0 amide bonds. The molecule has 1 aromatic heterocycles. The van der Waals surface area contributed by atoms with Gasteiger partial charge in [-0.25, -0.2) is 0 Å². The first-order chi connectivity index (χ1) is 7.43. The molecule has 2 N–H and O–H groups in total. The SMILES string of the molecule is c1cc2c(o1)CCCC2NC1CCNC1. The Labute approximate surface area is 90.2 Å². The molecule has 2 atom stereocenters. The van der Waals surface area contributed by atoms with Crippen LogP contribution < -0.4 is 10.6 Å². The van der Waals surface area contributed by atoms with E-state index in [0.717, 1.165) is 19.5 Å². The third-order valence-corrected chi connectivity index (χ3v) is 3.55. The van der Waals surface area contributed by atoms with E-state index in [1.807, 2.05) is 6.26 Å². The zero-order valence-corrected chi connectivity index (χ0v) is 8.96. The molecular formula is C12H18N2O. The fourth-order valence-electron chi connectivity index (χ4n) is 2.74. The predicted octanol–water partition coefficient (Wildman–Crippen LogP) is 1.61. The van der Waals surface area contributed by atoms with Crippen molar-refractivity contribution in [3.05, 3.63) is 23.7 Å². The Bertz CT molecular complexity index is 328. The molecule has 0 aromatic carbocycles. The van der Waals surface area contributed by atoms with Crippen molar-refractivity contribution in [2.24, 2.45) is 0 Å². The van der Waals surface area contributed by atoms with Crippen molar-refractivity contribution >= 4 is 0 Å². The Morgan fingerprint density at radius 2 is 2.40 bits per heavy atom. The summed E-state index contributed by atoms with van der Waals surface area (Å²) in [5.74, 6) is 1.20. The summed E-state index contributed by atoms with van der Waals surface area (Å²) in [6, 6.07) is 3.31. The first-order valence-electron chi connectivity index (χ1n) is 5.96. The van der Waals surface area contributed by atoms with Crippen molar-refractivity contribution in [1.29, 1.82) is 0 Å². The first kappa shape index (κ1) is 9.43. The molecule has 3 nitrogen and oxygen atoms in total. The molecule has 82 valence electrons. The summed E-state index contributed by atoms with van der Waals surface area (Å²) in [6.45, 7) is 2.27. The van der Waals surface area contributed by atoms with Crippen LogP contribution in [0.5, 0.6) is 0 Å². The maximum Gasteiger partial charge on any atom is 0.108 e. The van der Waals surface area contributed by atoms with Gasteiger partial charge in [0.1, 0.15) is 5.76 Å². The average Bonchev–Trinajstić information content (AvgIpc) is 2.87. The molecular weight excluding hydrogens is 188 g/mol. The van der Waals surface area contributed by atoms with Gasteiger partial charge in [0, 0.05) is 30.6 Å². The Morgan fingerprint density at radius 3 is 3.27 bits per heavy atom. The van der Waals surface area contributed by atoms with Crippen LogP contribution in [0.1, 0.15) is 36.6 Å². The second-order valence-corrected chi connectivity index (χ2v) is 4.60. The summed E-state index contributed by atoms with van der Waals surface area (Å²) < 4.78 is 5.50. The quantitative estimate of drug-likeness (QED) is 0.772. The Balaban J connectivity index is 1.72. The van der Waals surface area contributed by atoms with Gasteiger partial charge in [-0.1, -0.05) is 0 Å². The fraction of sp³-hybridized carbons (Fsp3) is 0.667. The summed E-state index contributed by atoms with van der Waals surface area (Å²) in [5, 5.41) is 7.13. The Hall–Kier alpha value is -0.800. The van der Waals surface area contributed by atoms with Gasteiger partial charge in [0.25, 0.3) is 0 Å². The highest BCUT2D eigenvalue weighted by molar-refractivity contribution is 5.24. The van der Waals surface area contributed by atoms with Crippen molar-refractivity contribution in [3.8, 4) is 0 Å². The number of furan rings is 1. The van der Waals surface area contributed by atoms with Gasteiger partial charge in [0.2, 0.25) is 0 Å². The fourth-order valence-corrected chi connectivity index (χ4v) is 2.74. The van der Waals surface area contributed by atoms with E-state index >= 15 is 0 Å². The van der Waals surface area contributed by atoms with Gasteiger partial charge in [-0.05, 0) is 31.9 Å². The molecule has 15 heavy (non-hydrogen) atoms. The highest BCUT2D eigenvalue weighted by Crippen LogP contribution is 2.30. The van der Waals surface area contributed by atoms with Crippen LogP contribution in [0.2, 0.25) is 0 Å². The predicted molar refractivity (Wildman–Crippen MR) is 58.8 cm³/mol. The second kappa shape index (κ2) is 3.99. The number of hydrogen-bond donors (Lipinski definition) is 2. The molecule has 2 unspecified atom stereocenters. The number of rotatable bonds is 2. The normalized spacial score (nSPS) is 30.4. The van der Waals surface area contributed by atoms with E-state index in [9.17, 15) is 0 Å². The molecule has 1 saturated heterocycles. The molecule has 2 aliphatic rings.